The number of aliphatic hydroxyl groups excluding tert-OH is 1. The molecule has 5 heteroatoms. The summed E-state index contributed by atoms with van der Waals surface area (Å²) in [6.45, 7) is 18.4. The van der Waals surface area contributed by atoms with Crippen LogP contribution in [0.1, 0.15) is 51.7 Å². The van der Waals surface area contributed by atoms with Crippen LogP contribution in [0.4, 0.5) is 0 Å². The fraction of sp³-hybridized carbons (Fsp3) is 0.650. The molecule has 0 radical (unpaired) electrons. The van der Waals surface area contributed by atoms with Crippen LogP contribution < -0.4 is 0 Å². The number of hydrogen-bond acceptors (Lipinski definition) is 4. The van der Waals surface area contributed by atoms with Gasteiger partial charge in [0.05, 0.1) is 17.3 Å². The summed E-state index contributed by atoms with van der Waals surface area (Å²) in [5.74, 6) is 0.303. The molecule has 3 nitrogen and oxygen atoms in total. The Morgan fingerprint density at radius 3 is 2.48 bits per heavy atom. The van der Waals surface area contributed by atoms with E-state index in [4.69, 9.17) is 4.43 Å². The lowest BCUT2D eigenvalue weighted by Crippen LogP contribution is -2.42. The van der Waals surface area contributed by atoms with E-state index in [1.54, 1.807) is 11.3 Å². The van der Waals surface area contributed by atoms with Crippen molar-refractivity contribution in [1.29, 1.82) is 0 Å². The highest BCUT2D eigenvalue weighted by Gasteiger charge is 2.37. The van der Waals surface area contributed by atoms with Crippen LogP contribution in [0.25, 0.3) is 6.08 Å². The van der Waals surface area contributed by atoms with Crippen LogP contribution in [0, 0.1) is 12.8 Å². The molecule has 0 aliphatic heterocycles. The van der Waals surface area contributed by atoms with E-state index in [1.165, 1.54) is 5.57 Å². The molecule has 1 heterocycles. The van der Waals surface area contributed by atoms with Crippen LogP contribution in [0.5, 0.6) is 0 Å². The molecule has 0 fully saturated rings. The zero-order valence-electron chi connectivity index (χ0n) is 17.1. The van der Waals surface area contributed by atoms with Crippen molar-refractivity contribution in [2.45, 2.75) is 66.1 Å². The summed E-state index contributed by atoms with van der Waals surface area (Å²) >= 11 is 1.68. The number of aromatic nitrogens is 1. The molecule has 0 aliphatic rings. The van der Waals surface area contributed by atoms with Crippen molar-refractivity contribution in [3.05, 3.63) is 33.3 Å². The van der Waals surface area contributed by atoms with Gasteiger partial charge >= 0.3 is 0 Å². The first-order valence-electron chi connectivity index (χ1n) is 8.97. The maximum Gasteiger partial charge on any atom is 0.192 e. The quantitative estimate of drug-likeness (QED) is 0.455. The normalized spacial score (nSPS) is 15.6. The zero-order valence-corrected chi connectivity index (χ0v) is 19.0. The molecule has 25 heavy (non-hydrogen) atoms. The van der Waals surface area contributed by atoms with Gasteiger partial charge < -0.3 is 9.53 Å². The van der Waals surface area contributed by atoms with Crippen LogP contribution >= 0.6 is 11.3 Å². The predicted octanol–water partition coefficient (Wildman–Crippen LogP) is 5.82. The fourth-order valence-corrected chi connectivity index (χ4v) is 3.74. The molecule has 0 aliphatic carbocycles. The van der Waals surface area contributed by atoms with Gasteiger partial charge in [0.2, 0.25) is 0 Å². The van der Waals surface area contributed by atoms with Gasteiger partial charge in [0.1, 0.15) is 0 Å². The number of thiazole rings is 1. The Balaban J connectivity index is 2.94. The second-order valence-electron chi connectivity index (χ2n) is 8.39. The predicted molar refractivity (Wildman–Crippen MR) is 113 cm³/mol. The molecule has 0 saturated heterocycles. The fourth-order valence-electron chi connectivity index (χ4n) is 2.12. The number of nitrogens with zero attached hydrogens (tertiary/aromatic N) is 1. The molecule has 0 spiro atoms. The van der Waals surface area contributed by atoms with Crippen LogP contribution in [0.3, 0.4) is 0 Å². The summed E-state index contributed by atoms with van der Waals surface area (Å²) in [4.78, 5) is 4.55. The Morgan fingerprint density at radius 1 is 1.36 bits per heavy atom. The van der Waals surface area contributed by atoms with Crippen molar-refractivity contribution in [2.75, 3.05) is 13.2 Å². The van der Waals surface area contributed by atoms with E-state index in [2.05, 4.69) is 63.3 Å². The van der Waals surface area contributed by atoms with E-state index >= 15 is 0 Å². The second kappa shape index (κ2) is 9.26. The van der Waals surface area contributed by atoms with Crippen molar-refractivity contribution in [3.63, 3.8) is 0 Å². The largest absolute Gasteiger partial charge is 0.416 e. The number of allylic oxidation sites excluding steroid dienone is 1. The minimum atomic E-state index is -1.78. The van der Waals surface area contributed by atoms with Gasteiger partial charge in [-0.1, -0.05) is 38.0 Å². The third kappa shape index (κ3) is 7.17. The lowest BCUT2D eigenvalue weighted by atomic mass is 9.96. The van der Waals surface area contributed by atoms with Crippen molar-refractivity contribution in [2.24, 2.45) is 5.92 Å². The van der Waals surface area contributed by atoms with E-state index in [0.29, 0.717) is 5.92 Å². The Kier molecular flexibility index (Phi) is 8.26. The summed E-state index contributed by atoms with van der Waals surface area (Å²) < 4.78 is 6.47. The number of aliphatic hydroxyl groups is 1. The third-order valence-electron chi connectivity index (χ3n) is 5.11. The van der Waals surface area contributed by atoms with E-state index < -0.39 is 8.32 Å². The Labute approximate surface area is 159 Å². The first-order chi connectivity index (χ1) is 11.5. The summed E-state index contributed by atoms with van der Waals surface area (Å²) in [5, 5.41) is 12.7. The van der Waals surface area contributed by atoms with Gasteiger partial charge in [-0.15, -0.1) is 11.3 Å². The van der Waals surface area contributed by atoms with Gasteiger partial charge in [0.25, 0.3) is 0 Å². The highest BCUT2D eigenvalue weighted by atomic mass is 32.1. The number of hydrogen-bond donors (Lipinski definition) is 1. The van der Waals surface area contributed by atoms with Gasteiger partial charge in [0, 0.05) is 17.9 Å². The van der Waals surface area contributed by atoms with Gasteiger partial charge in [-0.05, 0) is 51.4 Å². The molecule has 1 atom stereocenters. The molecule has 1 rings (SSSR count). The van der Waals surface area contributed by atoms with Gasteiger partial charge in [0.15, 0.2) is 8.32 Å². The topological polar surface area (TPSA) is 42.4 Å². The van der Waals surface area contributed by atoms with Crippen LogP contribution in [0.15, 0.2) is 22.6 Å². The smallest absolute Gasteiger partial charge is 0.192 e. The highest BCUT2D eigenvalue weighted by Crippen LogP contribution is 2.37. The van der Waals surface area contributed by atoms with E-state index in [-0.39, 0.29) is 11.6 Å². The first kappa shape index (κ1) is 22.3. The van der Waals surface area contributed by atoms with Crippen molar-refractivity contribution in [1.82, 2.24) is 4.98 Å². The molecule has 0 bridgehead atoms. The molecular formula is C20H35NO2SSi. The average molecular weight is 382 g/mol. The summed E-state index contributed by atoms with van der Waals surface area (Å²) in [5.41, 5.74) is 3.32. The minimum Gasteiger partial charge on any atom is -0.416 e. The molecular weight excluding hydrogens is 346 g/mol. The molecule has 0 amide bonds. The summed E-state index contributed by atoms with van der Waals surface area (Å²) in [6, 6.07) is 0. The van der Waals surface area contributed by atoms with Gasteiger partial charge in [-0.2, -0.15) is 0 Å². The average Bonchev–Trinajstić information content (AvgIpc) is 2.90. The second-order valence-corrected chi connectivity index (χ2v) is 14.3. The monoisotopic (exact) mass is 381 g/mol. The van der Waals surface area contributed by atoms with E-state index in [9.17, 15) is 5.11 Å². The number of aryl methyl sites for hydroxylation is 1. The SMILES string of the molecule is C/C(=C/C[C@H](CO[Si](C)(C)C(C)(C)C)/C(C)=C/c1csc(C)n1)CO. The minimum absolute atomic E-state index is 0.115. The lowest BCUT2D eigenvalue weighted by Gasteiger charge is -2.37. The van der Waals surface area contributed by atoms with Crippen molar-refractivity contribution in [3.8, 4) is 0 Å². The van der Waals surface area contributed by atoms with E-state index in [0.717, 1.165) is 29.3 Å². The zero-order chi connectivity index (χ0) is 19.3. The molecule has 0 saturated carbocycles. The molecule has 142 valence electrons. The van der Waals surface area contributed by atoms with Crippen LogP contribution in [0.2, 0.25) is 18.1 Å². The van der Waals surface area contributed by atoms with Crippen molar-refractivity contribution >= 4 is 25.7 Å². The summed E-state index contributed by atoms with van der Waals surface area (Å²) in [6.07, 6.45) is 5.18. The van der Waals surface area contributed by atoms with Gasteiger partial charge in [-0.25, -0.2) is 4.98 Å². The van der Waals surface area contributed by atoms with E-state index in [1.807, 2.05) is 13.8 Å². The molecule has 1 aromatic heterocycles. The molecule has 1 N–H and O–H groups in total. The first-order valence-corrected chi connectivity index (χ1v) is 12.8. The van der Waals surface area contributed by atoms with Crippen molar-refractivity contribution < 1.29 is 9.53 Å². The maximum absolute atomic E-state index is 9.27. The van der Waals surface area contributed by atoms with Crippen LogP contribution in [-0.2, 0) is 4.43 Å². The summed E-state index contributed by atoms with van der Waals surface area (Å²) in [7, 11) is -1.78. The molecule has 0 unspecified atom stereocenters. The molecule has 0 aromatic carbocycles. The molecule has 1 aromatic rings. The highest BCUT2D eigenvalue weighted by molar-refractivity contribution is 7.09. The Hall–Kier alpha value is -0.753. The van der Waals surface area contributed by atoms with Gasteiger partial charge in [-0.3, -0.25) is 0 Å². The lowest BCUT2D eigenvalue weighted by molar-refractivity contribution is 0.246. The Bertz CT molecular complexity index is 611. The number of rotatable bonds is 8. The third-order valence-corrected chi connectivity index (χ3v) is 10.4. The Morgan fingerprint density at radius 2 is 2.00 bits per heavy atom. The maximum atomic E-state index is 9.27. The van der Waals surface area contributed by atoms with Crippen LogP contribution in [-0.4, -0.2) is 31.6 Å². The standard InChI is InChI=1S/C20H35NO2SSi/c1-15(12-22)9-10-18(13-23-25(7,8)20(4,5)6)16(2)11-19-14-24-17(3)21-19/h9,11,14,18,22H,10,12-13H2,1-8H3/b15-9-,16-11+/t18-/m1/s1.